The number of ether oxygens (including phenoxy) is 1. The van der Waals surface area contributed by atoms with Crippen LogP contribution in [0.15, 0.2) is 205 Å². The highest BCUT2D eigenvalue weighted by molar-refractivity contribution is 5.92. The molecule has 0 unspecified atom stereocenters. The first-order valence-electron chi connectivity index (χ1n) is 18.7. The first kappa shape index (κ1) is 33.7. The zero-order chi connectivity index (χ0) is 36.8. The molecule has 0 bridgehead atoms. The number of para-hydroxylation sites is 2. The van der Waals surface area contributed by atoms with E-state index in [0.29, 0.717) is 6.61 Å². The summed E-state index contributed by atoms with van der Waals surface area (Å²) in [4.78, 5) is 2.36. The molecule has 1 aromatic heterocycles. The van der Waals surface area contributed by atoms with E-state index in [0.717, 1.165) is 67.9 Å². The lowest BCUT2D eigenvalue weighted by atomic mass is 9.97. The van der Waals surface area contributed by atoms with Gasteiger partial charge in [-0.05, 0) is 82.1 Å². The predicted molar refractivity (Wildman–Crippen MR) is 231 cm³/mol. The normalized spacial score (nSPS) is 14.5. The van der Waals surface area contributed by atoms with Crippen LogP contribution in [0.3, 0.4) is 0 Å². The van der Waals surface area contributed by atoms with Gasteiger partial charge in [-0.25, -0.2) is 0 Å². The Morgan fingerprint density at radius 2 is 1.25 bits per heavy atom. The van der Waals surface area contributed by atoms with Gasteiger partial charge in [0.25, 0.3) is 0 Å². The van der Waals surface area contributed by atoms with E-state index in [4.69, 9.17) is 9.15 Å². The van der Waals surface area contributed by atoms with E-state index in [9.17, 15) is 0 Å². The lowest BCUT2D eigenvalue weighted by molar-refractivity contribution is 0.364. The Hall–Kier alpha value is -7.10. The molecule has 0 N–H and O–H groups in total. The summed E-state index contributed by atoms with van der Waals surface area (Å²) in [5, 5.41) is 3.45. The molecule has 2 heterocycles. The van der Waals surface area contributed by atoms with Crippen LogP contribution in [0.5, 0.6) is 5.75 Å². The number of furan rings is 1. The number of anilines is 3. The predicted octanol–water partition coefficient (Wildman–Crippen LogP) is 14.0. The van der Waals surface area contributed by atoms with E-state index in [1.807, 2.05) is 18.2 Å². The monoisotopic (exact) mass is 709 g/mol. The molecule has 0 fully saturated rings. The maximum Gasteiger partial charge on any atom is 0.134 e. The standard InChI is InChI=1S/C52H39NO2/c1-2-14-39(15-3-1)40-30-34-46(35-31-40)53(45-32-24-38(25-33-45)13-4-5-17-44-37-55-51-23-11-9-20-48(44)51)50-22-10-8-19-47(50)41-18-12-36-54-52-43(28-26-41)29-27-42-16-6-7-21-49(42)52/h1-27,29-35,37H,28,36H2/b13-4+,17-5-,18-12-,41-26+. The Bertz CT molecular complexity index is 2710. The molecule has 3 nitrogen and oxygen atoms in total. The molecule has 9 rings (SSSR count). The minimum Gasteiger partial charge on any atom is -0.489 e. The molecule has 0 aliphatic carbocycles. The number of rotatable bonds is 8. The molecule has 0 saturated carbocycles. The second-order valence-corrected chi connectivity index (χ2v) is 13.6. The van der Waals surface area contributed by atoms with Crippen molar-refractivity contribution in [3.05, 3.63) is 223 Å². The number of hydrogen-bond acceptors (Lipinski definition) is 3. The van der Waals surface area contributed by atoms with Crippen molar-refractivity contribution in [2.24, 2.45) is 0 Å². The molecule has 7 aromatic carbocycles. The second kappa shape index (κ2) is 15.5. The van der Waals surface area contributed by atoms with Gasteiger partial charge in [-0.2, -0.15) is 0 Å². The third-order valence-corrected chi connectivity index (χ3v) is 10.2. The lowest BCUT2D eigenvalue weighted by Gasteiger charge is -2.28. The van der Waals surface area contributed by atoms with Gasteiger partial charge in [0.2, 0.25) is 0 Å². The molecular formula is C52H39NO2. The number of benzene rings is 7. The second-order valence-electron chi connectivity index (χ2n) is 13.6. The summed E-state index contributed by atoms with van der Waals surface area (Å²) in [5.41, 5.74) is 12.2. The molecule has 0 saturated heterocycles. The van der Waals surface area contributed by atoms with Crippen LogP contribution in [0.2, 0.25) is 0 Å². The van der Waals surface area contributed by atoms with Gasteiger partial charge >= 0.3 is 0 Å². The first-order chi connectivity index (χ1) is 27.3. The summed E-state index contributed by atoms with van der Waals surface area (Å²) in [7, 11) is 0. The van der Waals surface area contributed by atoms with Crippen LogP contribution in [0, 0.1) is 0 Å². The molecule has 0 radical (unpaired) electrons. The molecule has 264 valence electrons. The van der Waals surface area contributed by atoms with E-state index in [1.54, 1.807) is 6.26 Å². The van der Waals surface area contributed by atoms with Crippen molar-refractivity contribution in [2.45, 2.75) is 6.42 Å². The van der Waals surface area contributed by atoms with Crippen molar-refractivity contribution < 1.29 is 9.15 Å². The minimum absolute atomic E-state index is 0.494. The van der Waals surface area contributed by atoms with Gasteiger partial charge in [-0.3, -0.25) is 0 Å². The topological polar surface area (TPSA) is 25.6 Å². The number of fused-ring (bicyclic) bond motifs is 4. The molecule has 3 heteroatoms. The highest BCUT2D eigenvalue weighted by Crippen LogP contribution is 2.41. The van der Waals surface area contributed by atoms with Crippen LogP contribution in [0.25, 0.3) is 50.6 Å². The maximum absolute atomic E-state index is 6.41. The smallest absolute Gasteiger partial charge is 0.134 e. The molecule has 0 spiro atoms. The summed E-state index contributed by atoms with van der Waals surface area (Å²) < 4.78 is 12.1. The van der Waals surface area contributed by atoms with Crippen molar-refractivity contribution in [3.8, 4) is 16.9 Å². The van der Waals surface area contributed by atoms with Crippen LogP contribution in [0.1, 0.15) is 22.3 Å². The van der Waals surface area contributed by atoms with Gasteiger partial charge in [0.15, 0.2) is 0 Å². The van der Waals surface area contributed by atoms with E-state index in [1.165, 1.54) is 22.1 Å². The van der Waals surface area contributed by atoms with Crippen LogP contribution in [0.4, 0.5) is 17.1 Å². The summed E-state index contributed by atoms with van der Waals surface area (Å²) >= 11 is 0. The summed E-state index contributed by atoms with van der Waals surface area (Å²) in [6.07, 6.45) is 17.6. The number of nitrogens with zero attached hydrogens (tertiary/aromatic N) is 1. The summed E-state index contributed by atoms with van der Waals surface area (Å²) in [5.74, 6) is 0.966. The van der Waals surface area contributed by atoms with Gasteiger partial charge in [0, 0.05) is 33.3 Å². The molecule has 0 atom stereocenters. The SMILES string of the molecule is C(=C/c1coc2ccccc12)/C=C/c1ccc(N(c2ccc(-c3ccccc3)cc2)c2ccccc2C2=C/Cc3ccc4ccccc4c3OC/C=C\2)cc1. The van der Waals surface area contributed by atoms with E-state index in [2.05, 4.69) is 193 Å². The van der Waals surface area contributed by atoms with Crippen LogP contribution >= 0.6 is 0 Å². The first-order valence-corrected chi connectivity index (χ1v) is 18.7. The Labute approximate surface area is 322 Å². The Kier molecular flexibility index (Phi) is 9.49. The molecule has 1 aliphatic heterocycles. The zero-order valence-corrected chi connectivity index (χ0v) is 30.4. The third-order valence-electron chi connectivity index (χ3n) is 10.2. The van der Waals surface area contributed by atoms with Crippen molar-refractivity contribution in [1.82, 2.24) is 0 Å². The average Bonchev–Trinajstić information content (AvgIpc) is 3.70. The van der Waals surface area contributed by atoms with Gasteiger partial charge in [-0.15, -0.1) is 0 Å². The van der Waals surface area contributed by atoms with Gasteiger partial charge < -0.3 is 14.1 Å². The van der Waals surface area contributed by atoms with Crippen molar-refractivity contribution >= 4 is 56.5 Å². The quantitative estimate of drug-likeness (QED) is 0.147. The number of hydrogen-bond donors (Lipinski definition) is 0. The fourth-order valence-corrected chi connectivity index (χ4v) is 7.37. The van der Waals surface area contributed by atoms with Crippen molar-refractivity contribution in [2.75, 3.05) is 11.5 Å². The van der Waals surface area contributed by atoms with Gasteiger partial charge in [-0.1, -0.05) is 164 Å². The molecule has 8 aromatic rings. The van der Waals surface area contributed by atoms with E-state index < -0.39 is 0 Å². The van der Waals surface area contributed by atoms with E-state index in [-0.39, 0.29) is 0 Å². The summed E-state index contributed by atoms with van der Waals surface area (Å²) in [6.45, 7) is 0.494. The van der Waals surface area contributed by atoms with Crippen molar-refractivity contribution in [1.29, 1.82) is 0 Å². The third kappa shape index (κ3) is 7.16. The van der Waals surface area contributed by atoms with Gasteiger partial charge in [0.05, 0.1) is 12.0 Å². The van der Waals surface area contributed by atoms with Gasteiger partial charge in [0.1, 0.15) is 17.9 Å². The van der Waals surface area contributed by atoms with Crippen LogP contribution in [-0.4, -0.2) is 6.61 Å². The number of allylic oxidation sites excluding steroid dienone is 5. The highest BCUT2D eigenvalue weighted by atomic mass is 16.5. The lowest BCUT2D eigenvalue weighted by Crippen LogP contribution is -2.12. The average molecular weight is 710 g/mol. The minimum atomic E-state index is 0.494. The van der Waals surface area contributed by atoms with E-state index >= 15 is 0 Å². The Morgan fingerprint density at radius 3 is 2.11 bits per heavy atom. The van der Waals surface area contributed by atoms with Crippen LogP contribution < -0.4 is 9.64 Å². The Morgan fingerprint density at radius 1 is 0.564 bits per heavy atom. The highest BCUT2D eigenvalue weighted by Gasteiger charge is 2.18. The fraction of sp³-hybridized carbons (Fsp3) is 0.0385. The Balaban J connectivity index is 1.07. The molecular weight excluding hydrogens is 671 g/mol. The summed E-state index contributed by atoms with van der Waals surface area (Å²) in [6, 6.07) is 57.8. The molecule has 0 amide bonds. The maximum atomic E-state index is 6.41. The zero-order valence-electron chi connectivity index (χ0n) is 30.4. The van der Waals surface area contributed by atoms with Crippen molar-refractivity contribution in [3.63, 3.8) is 0 Å². The fourth-order valence-electron chi connectivity index (χ4n) is 7.37. The molecule has 55 heavy (non-hydrogen) atoms. The molecule has 1 aliphatic rings. The van der Waals surface area contributed by atoms with Crippen LogP contribution in [-0.2, 0) is 6.42 Å². The largest absolute Gasteiger partial charge is 0.489 e.